The van der Waals surface area contributed by atoms with Crippen molar-refractivity contribution in [2.75, 3.05) is 12.3 Å². The number of phosphoric acid groups is 1. The van der Waals surface area contributed by atoms with Crippen molar-refractivity contribution in [3.8, 4) is 0 Å². The second kappa shape index (κ2) is 4.46. The lowest BCUT2D eigenvalue weighted by Gasteiger charge is -2.26. The van der Waals surface area contributed by atoms with Crippen molar-refractivity contribution < 1.29 is 23.2 Å². The van der Waals surface area contributed by atoms with Gasteiger partial charge in [0.05, 0.1) is 12.9 Å². The molecule has 0 spiro atoms. The minimum absolute atomic E-state index is 0.0126. The third-order valence-electron chi connectivity index (χ3n) is 3.55. The van der Waals surface area contributed by atoms with Gasteiger partial charge >= 0.3 is 7.82 Å². The summed E-state index contributed by atoms with van der Waals surface area (Å²) in [6.07, 6.45) is 1.97. The summed E-state index contributed by atoms with van der Waals surface area (Å²) in [6, 6.07) is 0. The predicted molar refractivity (Wildman–Crippen MR) is 68.9 cm³/mol. The zero-order valence-corrected chi connectivity index (χ0v) is 11.6. The normalized spacial score (nSPS) is 36.0. The molecule has 2 fully saturated rings. The molecular weight excluding hydrogens is 301 g/mol. The van der Waals surface area contributed by atoms with Gasteiger partial charge in [0.25, 0.3) is 0 Å². The second-order valence-corrected chi connectivity index (χ2v) is 6.26. The molecule has 1 unspecified atom stereocenters. The molecule has 10 nitrogen and oxygen atoms in total. The van der Waals surface area contributed by atoms with Crippen LogP contribution in [-0.4, -0.2) is 43.2 Å². The number of rotatable bonds is 1. The van der Waals surface area contributed by atoms with E-state index in [-0.39, 0.29) is 12.4 Å². The van der Waals surface area contributed by atoms with Gasteiger partial charge in [0, 0.05) is 6.42 Å². The molecule has 0 radical (unpaired) electrons. The first-order chi connectivity index (χ1) is 10.0. The van der Waals surface area contributed by atoms with Crippen molar-refractivity contribution in [1.82, 2.24) is 19.5 Å². The number of hydrogen-bond donors (Lipinski definition) is 2. The average molecular weight is 313 g/mol. The molecule has 0 amide bonds. The minimum Gasteiger partial charge on any atom is -0.382 e. The van der Waals surface area contributed by atoms with Gasteiger partial charge in [0.15, 0.2) is 11.5 Å². The number of fused-ring (bicyclic) bond motifs is 2. The average Bonchev–Trinajstić information content (AvgIpc) is 3.01. The maximum atomic E-state index is 11.4. The predicted octanol–water partition coefficient (Wildman–Crippen LogP) is 0.212. The number of imidazole rings is 1. The van der Waals surface area contributed by atoms with Crippen molar-refractivity contribution in [3.63, 3.8) is 0 Å². The number of nitrogens with two attached hydrogens (primary N) is 1. The van der Waals surface area contributed by atoms with Gasteiger partial charge in [-0.15, -0.1) is 0 Å². The van der Waals surface area contributed by atoms with Crippen LogP contribution in [0.15, 0.2) is 12.7 Å². The lowest BCUT2D eigenvalue weighted by Crippen LogP contribution is -2.32. The maximum Gasteiger partial charge on any atom is 0.472 e. The molecule has 0 bridgehead atoms. The van der Waals surface area contributed by atoms with E-state index in [0.29, 0.717) is 17.6 Å². The fraction of sp³-hybridized carbons (Fsp3) is 0.500. The summed E-state index contributed by atoms with van der Waals surface area (Å²) in [5.74, 6) is 0.286. The molecule has 4 atom stereocenters. The Morgan fingerprint density at radius 2 is 2.24 bits per heavy atom. The lowest BCUT2D eigenvalue weighted by molar-refractivity contribution is -0.0661. The van der Waals surface area contributed by atoms with Crippen LogP contribution in [0.1, 0.15) is 12.6 Å². The molecule has 21 heavy (non-hydrogen) atoms. The van der Waals surface area contributed by atoms with Gasteiger partial charge in [-0.05, 0) is 0 Å². The number of nitrogens with zero attached hydrogens (tertiary/aromatic N) is 4. The summed E-state index contributed by atoms with van der Waals surface area (Å²) in [4.78, 5) is 21.5. The molecule has 112 valence electrons. The smallest absolute Gasteiger partial charge is 0.382 e. The SMILES string of the molecule is Nc1ncnc2c1ncn2[C@H]1C[C@@H]2OP(=O)(O)OC[C@H]2O1. The van der Waals surface area contributed by atoms with Gasteiger partial charge in [0.2, 0.25) is 0 Å². The Hall–Kier alpha value is -1.58. The highest BCUT2D eigenvalue weighted by atomic mass is 31.2. The first kappa shape index (κ1) is 13.1. The highest BCUT2D eigenvalue weighted by molar-refractivity contribution is 7.47. The first-order valence-electron chi connectivity index (χ1n) is 6.28. The van der Waals surface area contributed by atoms with Crippen LogP contribution in [0.3, 0.4) is 0 Å². The van der Waals surface area contributed by atoms with E-state index in [9.17, 15) is 9.46 Å². The molecule has 2 saturated heterocycles. The van der Waals surface area contributed by atoms with Crippen LogP contribution in [0.5, 0.6) is 0 Å². The van der Waals surface area contributed by atoms with E-state index in [1.54, 1.807) is 10.9 Å². The monoisotopic (exact) mass is 313 g/mol. The molecular formula is C10H12N5O5P. The van der Waals surface area contributed by atoms with E-state index in [2.05, 4.69) is 15.0 Å². The molecule has 0 aliphatic carbocycles. The van der Waals surface area contributed by atoms with Crippen molar-refractivity contribution in [2.45, 2.75) is 24.9 Å². The molecule has 2 aromatic heterocycles. The summed E-state index contributed by atoms with van der Waals surface area (Å²) in [5, 5.41) is 0. The molecule has 0 aromatic carbocycles. The number of phosphoric ester groups is 1. The quantitative estimate of drug-likeness (QED) is 0.708. The van der Waals surface area contributed by atoms with E-state index >= 15 is 0 Å². The Morgan fingerprint density at radius 3 is 3.10 bits per heavy atom. The van der Waals surface area contributed by atoms with Gasteiger partial charge in [-0.2, -0.15) is 0 Å². The molecule has 4 rings (SSSR count). The highest BCUT2D eigenvalue weighted by Crippen LogP contribution is 2.52. The van der Waals surface area contributed by atoms with E-state index in [1.165, 1.54) is 6.33 Å². The zero-order chi connectivity index (χ0) is 14.6. The highest BCUT2D eigenvalue weighted by Gasteiger charge is 2.46. The largest absolute Gasteiger partial charge is 0.472 e. The maximum absolute atomic E-state index is 11.4. The van der Waals surface area contributed by atoms with Crippen LogP contribution in [0.2, 0.25) is 0 Å². The van der Waals surface area contributed by atoms with Gasteiger partial charge in [-0.1, -0.05) is 0 Å². The minimum atomic E-state index is -3.97. The van der Waals surface area contributed by atoms with Crippen LogP contribution in [-0.2, 0) is 18.3 Å². The standard InChI is InChI=1S/C10H12N5O5P/c11-9-8-10(13-3-12-9)15(4-14-8)7-1-5-6(19-7)2-18-21(16,17)20-5/h3-7H,1-2H2,(H,16,17)(H2,11,12,13)/t5-,6+,7+/m0/s1. The summed E-state index contributed by atoms with van der Waals surface area (Å²) in [6.45, 7) is 0.0126. The Labute approximate surface area is 118 Å². The van der Waals surface area contributed by atoms with Crippen molar-refractivity contribution in [3.05, 3.63) is 12.7 Å². The third kappa shape index (κ3) is 2.12. The third-order valence-corrected chi connectivity index (χ3v) is 4.56. The Morgan fingerprint density at radius 1 is 1.38 bits per heavy atom. The van der Waals surface area contributed by atoms with Gasteiger partial charge < -0.3 is 15.4 Å². The van der Waals surface area contributed by atoms with Crippen LogP contribution in [0, 0.1) is 0 Å². The molecule has 2 aliphatic heterocycles. The molecule has 3 N–H and O–H groups in total. The molecule has 11 heteroatoms. The van der Waals surface area contributed by atoms with E-state index in [1.807, 2.05) is 0 Å². The van der Waals surface area contributed by atoms with E-state index in [0.717, 1.165) is 0 Å². The Kier molecular flexibility index (Phi) is 2.78. The number of ether oxygens (including phenoxy) is 1. The molecule has 2 aromatic rings. The van der Waals surface area contributed by atoms with Gasteiger partial charge in [0.1, 0.15) is 30.3 Å². The summed E-state index contributed by atoms with van der Waals surface area (Å²) < 4.78 is 28.7. The number of hydrogen-bond acceptors (Lipinski definition) is 8. The van der Waals surface area contributed by atoms with Crippen molar-refractivity contribution >= 4 is 24.8 Å². The van der Waals surface area contributed by atoms with Crippen molar-refractivity contribution in [2.24, 2.45) is 0 Å². The molecule has 0 saturated carbocycles. The van der Waals surface area contributed by atoms with Gasteiger partial charge in [-0.3, -0.25) is 13.6 Å². The first-order valence-corrected chi connectivity index (χ1v) is 7.77. The van der Waals surface area contributed by atoms with Gasteiger partial charge in [-0.25, -0.2) is 19.5 Å². The Bertz CT molecular complexity index is 751. The van der Waals surface area contributed by atoms with Crippen molar-refractivity contribution in [1.29, 1.82) is 0 Å². The fourth-order valence-electron chi connectivity index (χ4n) is 2.58. The van der Waals surface area contributed by atoms with Crippen LogP contribution >= 0.6 is 7.82 Å². The second-order valence-electron chi connectivity index (χ2n) is 4.86. The summed E-state index contributed by atoms with van der Waals surface area (Å²) in [5.41, 5.74) is 6.77. The summed E-state index contributed by atoms with van der Waals surface area (Å²) in [7, 11) is -3.97. The van der Waals surface area contributed by atoms with Crippen LogP contribution in [0.4, 0.5) is 5.82 Å². The van der Waals surface area contributed by atoms with E-state index < -0.39 is 26.3 Å². The Balaban J connectivity index is 1.66. The fourth-order valence-corrected chi connectivity index (χ4v) is 3.54. The lowest BCUT2D eigenvalue weighted by atomic mass is 10.2. The number of nitrogen functional groups attached to an aromatic ring is 1. The van der Waals surface area contributed by atoms with Crippen LogP contribution < -0.4 is 5.73 Å². The number of aromatic nitrogens is 4. The zero-order valence-electron chi connectivity index (χ0n) is 10.7. The van der Waals surface area contributed by atoms with Crippen LogP contribution in [0.25, 0.3) is 11.2 Å². The number of anilines is 1. The molecule has 2 aliphatic rings. The summed E-state index contributed by atoms with van der Waals surface area (Å²) >= 11 is 0. The topological polar surface area (TPSA) is 135 Å². The van der Waals surface area contributed by atoms with E-state index in [4.69, 9.17) is 19.5 Å². The molecule has 4 heterocycles.